The minimum absolute atomic E-state index is 0.0937. The van der Waals surface area contributed by atoms with Gasteiger partial charge in [-0.2, -0.15) is 0 Å². The minimum Gasteiger partial charge on any atom is -0.398 e. The lowest BCUT2D eigenvalue weighted by atomic mass is 10.3. The van der Waals surface area contributed by atoms with Gasteiger partial charge < -0.3 is 11.1 Å². The molecule has 1 heterocycles. The number of hydrogen-bond acceptors (Lipinski definition) is 4. The van der Waals surface area contributed by atoms with Gasteiger partial charge in [0, 0.05) is 16.8 Å². The summed E-state index contributed by atoms with van der Waals surface area (Å²) in [7, 11) is 0. The van der Waals surface area contributed by atoms with E-state index in [1.807, 2.05) is 0 Å². The number of hydrogen-bond donors (Lipinski definition) is 2. The molecule has 1 aromatic heterocycles. The number of amides is 1. The van der Waals surface area contributed by atoms with Gasteiger partial charge in [-0.15, -0.1) is 11.8 Å². The molecule has 110 valence electrons. The molecule has 2 aromatic rings. The lowest BCUT2D eigenvalue weighted by Crippen LogP contribution is -2.15. The predicted octanol–water partition coefficient (Wildman–Crippen LogP) is 3.84. The molecule has 0 aliphatic rings. The fourth-order valence-electron chi connectivity index (χ4n) is 1.47. The number of nitrogens with one attached hydrogen (secondary N) is 1. The first-order valence-electron chi connectivity index (χ1n) is 5.74. The maximum absolute atomic E-state index is 12.9. The molecule has 0 spiro atoms. The molecule has 2 rings (SSSR count). The Bertz CT molecular complexity index is 684. The normalized spacial score (nSPS) is 10.4. The van der Waals surface area contributed by atoms with Gasteiger partial charge in [0.1, 0.15) is 5.82 Å². The van der Waals surface area contributed by atoms with E-state index < -0.39 is 5.82 Å². The number of pyridine rings is 1. The highest BCUT2D eigenvalue weighted by atomic mass is 35.5. The second kappa shape index (κ2) is 6.98. The zero-order chi connectivity index (χ0) is 15.4. The number of nitrogens with zero attached hydrogens (tertiary/aromatic N) is 1. The maximum Gasteiger partial charge on any atom is 0.235 e. The smallest absolute Gasteiger partial charge is 0.235 e. The minimum atomic E-state index is -0.418. The molecular formula is C13H10Cl2FN3OS. The number of carbonyl (C=O) groups excluding carboxylic acids is 1. The van der Waals surface area contributed by atoms with Gasteiger partial charge in [-0.25, -0.2) is 9.37 Å². The third kappa shape index (κ3) is 4.49. The third-order valence-electron chi connectivity index (χ3n) is 2.40. The van der Waals surface area contributed by atoms with Gasteiger partial charge in [0.2, 0.25) is 5.91 Å². The molecule has 4 nitrogen and oxygen atoms in total. The van der Waals surface area contributed by atoms with Crippen LogP contribution in [-0.4, -0.2) is 16.6 Å². The lowest BCUT2D eigenvalue weighted by Gasteiger charge is -2.07. The van der Waals surface area contributed by atoms with Crippen LogP contribution >= 0.6 is 35.0 Å². The fraction of sp³-hybridized carbons (Fsp3) is 0.0769. The molecule has 0 radical (unpaired) electrons. The van der Waals surface area contributed by atoms with Crippen LogP contribution in [-0.2, 0) is 4.79 Å². The second-order valence-electron chi connectivity index (χ2n) is 4.00. The number of anilines is 2. The first-order valence-corrected chi connectivity index (χ1v) is 7.48. The number of nitrogen functional groups attached to an aromatic ring is 1. The highest BCUT2D eigenvalue weighted by molar-refractivity contribution is 8.00. The number of halogens is 3. The summed E-state index contributed by atoms with van der Waals surface area (Å²) < 4.78 is 12.9. The van der Waals surface area contributed by atoms with Crippen LogP contribution in [0.3, 0.4) is 0 Å². The molecule has 0 aliphatic carbocycles. The zero-order valence-electron chi connectivity index (χ0n) is 10.6. The third-order valence-corrected chi connectivity index (χ3v) is 3.98. The van der Waals surface area contributed by atoms with Crippen LogP contribution < -0.4 is 11.1 Å². The summed E-state index contributed by atoms with van der Waals surface area (Å²) in [5.74, 6) is -0.395. The van der Waals surface area contributed by atoms with Gasteiger partial charge in [0.15, 0.2) is 5.82 Å². The first kappa shape index (κ1) is 15.9. The Hall–Kier alpha value is -1.50. The maximum atomic E-state index is 12.9. The number of thioether (sulfide) groups is 1. The van der Waals surface area contributed by atoms with E-state index in [0.29, 0.717) is 9.92 Å². The molecule has 1 amide bonds. The summed E-state index contributed by atoms with van der Waals surface area (Å²) in [6, 6.07) is 5.50. The van der Waals surface area contributed by atoms with E-state index in [1.165, 1.54) is 42.2 Å². The Labute approximate surface area is 134 Å². The predicted molar refractivity (Wildman–Crippen MR) is 84.4 cm³/mol. The Kier molecular flexibility index (Phi) is 5.27. The van der Waals surface area contributed by atoms with Gasteiger partial charge >= 0.3 is 0 Å². The Morgan fingerprint density at radius 1 is 1.38 bits per heavy atom. The van der Waals surface area contributed by atoms with Crippen LogP contribution in [0.25, 0.3) is 0 Å². The SMILES string of the molecule is Nc1cc(F)ccc1SCC(=O)Nc1ncc(Cl)cc1Cl. The number of nitrogens with two attached hydrogens (primary N) is 1. The molecule has 0 saturated heterocycles. The van der Waals surface area contributed by atoms with E-state index >= 15 is 0 Å². The number of rotatable bonds is 4. The molecular weight excluding hydrogens is 336 g/mol. The molecule has 3 N–H and O–H groups in total. The van der Waals surface area contributed by atoms with Crippen molar-refractivity contribution in [2.45, 2.75) is 4.90 Å². The van der Waals surface area contributed by atoms with Gasteiger partial charge in [0.25, 0.3) is 0 Å². The van der Waals surface area contributed by atoms with Gasteiger partial charge in [-0.05, 0) is 24.3 Å². The summed E-state index contributed by atoms with van der Waals surface area (Å²) in [5.41, 5.74) is 5.95. The summed E-state index contributed by atoms with van der Waals surface area (Å²) in [6.07, 6.45) is 1.38. The Morgan fingerprint density at radius 2 is 2.14 bits per heavy atom. The van der Waals surface area contributed by atoms with Crippen molar-refractivity contribution in [3.05, 3.63) is 46.3 Å². The van der Waals surface area contributed by atoms with Crippen LogP contribution in [0.15, 0.2) is 35.4 Å². The van der Waals surface area contributed by atoms with E-state index in [-0.39, 0.29) is 28.2 Å². The van der Waals surface area contributed by atoms with Crippen molar-refractivity contribution in [2.75, 3.05) is 16.8 Å². The molecule has 0 saturated carbocycles. The topological polar surface area (TPSA) is 68.0 Å². The summed E-state index contributed by atoms with van der Waals surface area (Å²) in [6.45, 7) is 0. The molecule has 1 aromatic carbocycles. The monoisotopic (exact) mass is 345 g/mol. The molecule has 0 unspecified atom stereocenters. The van der Waals surface area contributed by atoms with Gasteiger partial charge in [-0.3, -0.25) is 4.79 Å². The van der Waals surface area contributed by atoms with Crippen molar-refractivity contribution in [1.29, 1.82) is 0 Å². The van der Waals surface area contributed by atoms with Gasteiger partial charge in [-0.1, -0.05) is 23.2 Å². The second-order valence-corrected chi connectivity index (χ2v) is 5.86. The average molecular weight is 346 g/mol. The summed E-state index contributed by atoms with van der Waals surface area (Å²) in [5, 5.41) is 3.20. The highest BCUT2D eigenvalue weighted by Crippen LogP contribution is 2.26. The van der Waals surface area contributed by atoms with Crippen molar-refractivity contribution >= 4 is 52.4 Å². The van der Waals surface area contributed by atoms with Crippen molar-refractivity contribution in [3.63, 3.8) is 0 Å². The van der Waals surface area contributed by atoms with E-state index in [0.717, 1.165) is 0 Å². The quantitative estimate of drug-likeness (QED) is 0.652. The van der Waals surface area contributed by atoms with E-state index in [1.54, 1.807) is 0 Å². The van der Waals surface area contributed by atoms with Crippen molar-refractivity contribution in [2.24, 2.45) is 0 Å². The van der Waals surface area contributed by atoms with Crippen LogP contribution in [0.4, 0.5) is 15.9 Å². The largest absolute Gasteiger partial charge is 0.398 e. The van der Waals surface area contributed by atoms with Crippen LogP contribution in [0.2, 0.25) is 10.0 Å². The van der Waals surface area contributed by atoms with Crippen LogP contribution in [0.5, 0.6) is 0 Å². The fourth-order valence-corrected chi connectivity index (χ4v) is 2.64. The molecule has 0 atom stereocenters. The standard InChI is InChI=1S/C13H10Cl2FN3OS/c14-7-3-9(15)13(18-5-7)19-12(20)6-21-11-2-1-8(16)4-10(11)17/h1-5H,6,17H2,(H,18,19,20). The first-order chi connectivity index (χ1) is 9.95. The number of carbonyl (C=O) groups is 1. The highest BCUT2D eigenvalue weighted by Gasteiger charge is 2.10. The van der Waals surface area contributed by atoms with Gasteiger partial charge in [0.05, 0.1) is 15.8 Å². The zero-order valence-corrected chi connectivity index (χ0v) is 12.9. The van der Waals surface area contributed by atoms with Crippen molar-refractivity contribution in [1.82, 2.24) is 4.98 Å². The lowest BCUT2D eigenvalue weighted by molar-refractivity contribution is -0.113. The number of aromatic nitrogens is 1. The molecule has 8 heteroatoms. The average Bonchev–Trinajstić information content (AvgIpc) is 2.41. The molecule has 0 fully saturated rings. The number of benzene rings is 1. The summed E-state index contributed by atoms with van der Waals surface area (Å²) >= 11 is 12.8. The molecule has 0 bridgehead atoms. The van der Waals surface area contributed by atoms with E-state index in [9.17, 15) is 9.18 Å². The van der Waals surface area contributed by atoms with Crippen molar-refractivity contribution < 1.29 is 9.18 Å². The Morgan fingerprint density at radius 3 is 2.81 bits per heavy atom. The Balaban J connectivity index is 1.96. The van der Waals surface area contributed by atoms with Crippen LogP contribution in [0, 0.1) is 5.82 Å². The summed E-state index contributed by atoms with van der Waals surface area (Å²) in [4.78, 5) is 16.4. The van der Waals surface area contributed by atoms with Crippen molar-refractivity contribution in [3.8, 4) is 0 Å². The van der Waals surface area contributed by atoms with E-state index in [2.05, 4.69) is 10.3 Å². The van der Waals surface area contributed by atoms with Crippen LogP contribution in [0.1, 0.15) is 0 Å². The molecule has 0 aliphatic heterocycles. The molecule has 21 heavy (non-hydrogen) atoms. The van der Waals surface area contributed by atoms with E-state index in [4.69, 9.17) is 28.9 Å².